The van der Waals surface area contributed by atoms with Gasteiger partial charge in [-0.3, -0.25) is 14.4 Å². The first-order valence-electron chi connectivity index (χ1n) is 22.7. The van der Waals surface area contributed by atoms with Crippen molar-refractivity contribution in [3.05, 3.63) is 0 Å². The van der Waals surface area contributed by atoms with Gasteiger partial charge < -0.3 is 20.4 Å². The highest BCUT2D eigenvalue weighted by molar-refractivity contribution is 7.84. The molecule has 0 spiro atoms. The average molecular weight is 809 g/mol. The molecule has 0 fully saturated rings. The molecule has 0 aliphatic heterocycles. The lowest BCUT2D eigenvalue weighted by Gasteiger charge is -2.01. The first-order valence-corrected chi connectivity index (χ1v) is 23.8. The Hall–Kier alpha value is -0.930. The fourth-order valence-corrected chi connectivity index (χ4v) is 5.99. The van der Waals surface area contributed by atoms with Gasteiger partial charge in [0.25, 0.3) is 0 Å². The molecule has 0 saturated carbocycles. The number of carboxylic acids is 3. The summed E-state index contributed by atoms with van der Waals surface area (Å²) in [5.74, 6) is -1.33. The van der Waals surface area contributed by atoms with Gasteiger partial charge in [-0.05, 0) is 19.3 Å². The fraction of sp³-hybridized carbons (Fsp3) is 0.933. The van der Waals surface area contributed by atoms with Crippen LogP contribution in [0, 0.1) is 0 Å². The Balaban J connectivity index is -0.000000322. The second-order valence-corrected chi connectivity index (χ2v) is 16.2. The number of hydrogen-bond acceptors (Lipinski definition) is 6. The highest BCUT2D eigenvalue weighted by atomic mass is 32.1. The molecule has 0 aromatic carbocycles. The second-order valence-electron chi connectivity index (χ2n) is 15.1. The van der Waals surface area contributed by atoms with E-state index < -0.39 is 17.9 Å². The maximum absolute atomic E-state index is 10.3. The number of carboxylic acid groups (broad SMARTS) is 3. The van der Waals surface area contributed by atoms with Crippen LogP contribution in [0.1, 0.15) is 252 Å². The van der Waals surface area contributed by atoms with Gasteiger partial charge in [0.05, 0.1) is 6.61 Å². The van der Waals surface area contributed by atoms with Crippen LogP contribution in [0.3, 0.4) is 0 Å². The molecule has 0 amide bonds. The van der Waals surface area contributed by atoms with E-state index in [1.807, 2.05) is 0 Å². The van der Waals surface area contributed by atoms with Crippen molar-refractivity contribution in [2.45, 2.75) is 257 Å². The van der Waals surface area contributed by atoms with E-state index >= 15 is 0 Å². The van der Waals surface area contributed by atoms with E-state index in [-0.39, 0.29) is 11.9 Å². The first-order chi connectivity index (χ1) is 26.1. The molecule has 0 aromatic rings. The lowest BCUT2D eigenvalue weighted by atomic mass is 10.1. The van der Waals surface area contributed by atoms with Gasteiger partial charge in [0.15, 0.2) is 0 Å². The highest BCUT2D eigenvalue weighted by Crippen LogP contribution is 2.14. The quantitative estimate of drug-likeness (QED) is 0.0270. The number of unbranched alkanes of at least 4 members (excludes halogenated alkanes) is 30. The summed E-state index contributed by atoms with van der Waals surface area (Å²) in [6.07, 6.45) is 43.1. The number of hydrogen-bond donors (Lipinski definition) is 6. The van der Waals surface area contributed by atoms with Crippen molar-refractivity contribution in [1.82, 2.24) is 0 Å². The molecule has 0 heterocycles. The van der Waals surface area contributed by atoms with Crippen molar-refractivity contribution in [2.24, 2.45) is 0 Å². The summed E-state index contributed by atoms with van der Waals surface area (Å²) in [7, 11) is 0. The van der Waals surface area contributed by atoms with Crippen LogP contribution in [-0.2, 0) is 14.4 Å². The first kappa shape index (κ1) is 59.8. The molecule has 0 aliphatic carbocycles. The molecule has 0 aliphatic rings. The molecular formula is C45H92O7S2. The molecule has 0 radical (unpaired) electrons. The summed E-state index contributed by atoms with van der Waals surface area (Å²) in [6.45, 7) is 6.86. The van der Waals surface area contributed by atoms with Gasteiger partial charge in [-0.1, -0.05) is 213 Å². The van der Waals surface area contributed by atoms with Crippen LogP contribution in [0.25, 0.3) is 0 Å². The Morgan fingerprint density at radius 2 is 0.537 bits per heavy atom. The Labute approximate surface area is 346 Å². The van der Waals surface area contributed by atoms with Gasteiger partial charge >= 0.3 is 17.9 Å². The molecule has 7 nitrogen and oxygen atoms in total. The molecule has 1 unspecified atom stereocenters. The minimum absolute atomic E-state index is 0.0494. The maximum Gasteiger partial charge on any atom is 0.303 e. The van der Waals surface area contributed by atoms with E-state index in [0.717, 1.165) is 38.5 Å². The largest absolute Gasteiger partial charge is 0.481 e. The molecule has 1 atom stereocenters. The van der Waals surface area contributed by atoms with E-state index in [1.54, 1.807) is 0 Å². The number of aliphatic hydroxyl groups excluding tert-OH is 1. The lowest BCUT2D eigenvalue weighted by molar-refractivity contribution is -0.138. The third kappa shape index (κ3) is 72.3. The van der Waals surface area contributed by atoms with Crippen LogP contribution < -0.4 is 0 Å². The second kappa shape index (κ2) is 56.4. The van der Waals surface area contributed by atoms with Crippen LogP contribution in [0.5, 0.6) is 0 Å². The van der Waals surface area contributed by atoms with Crippen LogP contribution in [0.2, 0.25) is 0 Å². The summed E-state index contributed by atoms with van der Waals surface area (Å²) in [4.78, 5) is 30.8. The van der Waals surface area contributed by atoms with Gasteiger partial charge in [0, 0.05) is 30.3 Å². The molecule has 0 saturated heterocycles. The molecule has 0 aromatic heterocycles. The summed E-state index contributed by atoms with van der Waals surface area (Å²) in [5.41, 5.74) is 0. The number of rotatable bonds is 38. The molecule has 326 valence electrons. The number of aliphatic hydroxyl groups is 1. The van der Waals surface area contributed by atoms with Gasteiger partial charge in [-0.2, -0.15) is 25.3 Å². The zero-order chi connectivity index (χ0) is 41.2. The predicted molar refractivity (Wildman–Crippen MR) is 240 cm³/mol. The molecule has 0 bridgehead atoms. The van der Waals surface area contributed by atoms with Crippen molar-refractivity contribution in [2.75, 3.05) is 12.4 Å². The third-order valence-electron chi connectivity index (χ3n) is 9.40. The summed E-state index contributed by atoms with van der Waals surface area (Å²) in [6, 6.07) is 0. The zero-order valence-corrected chi connectivity index (χ0v) is 37.6. The van der Waals surface area contributed by atoms with Crippen LogP contribution in [-0.4, -0.2) is 55.9 Å². The topological polar surface area (TPSA) is 132 Å². The molecule has 9 heteroatoms. The van der Waals surface area contributed by atoms with Gasteiger partial charge in [-0.25, -0.2) is 0 Å². The van der Waals surface area contributed by atoms with E-state index in [4.69, 9.17) is 20.4 Å². The van der Waals surface area contributed by atoms with E-state index in [1.165, 1.54) is 173 Å². The van der Waals surface area contributed by atoms with Crippen molar-refractivity contribution in [1.29, 1.82) is 0 Å². The molecular weight excluding hydrogens is 717 g/mol. The smallest absolute Gasteiger partial charge is 0.303 e. The number of thiol groups is 2. The minimum Gasteiger partial charge on any atom is -0.481 e. The monoisotopic (exact) mass is 809 g/mol. The number of carbonyl (C=O) groups is 3. The Kier molecular flexibility index (Phi) is 62.4. The van der Waals surface area contributed by atoms with Crippen molar-refractivity contribution in [3.8, 4) is 0 Å². The maximum atomic E-state index is 10.3. The Bertz CT molecular complexity index is 635. The zero-order valence-electron chi connectivity index (χ0n) is 35.9. The number of aliphatic carboxylic acids is 3. The fourth-order valence-electron chi connectivity index (χ4n) is 5.88. The Morgan fingerprint density at radius 3 is 0.648 bits per heavy atom. The van der Waals surface area contributed by atoms with Crippen LogP contribution in [0.15, 0.2) is 0 Å². The summed E-state index contributed by atoms with van der Waals surface area (Å²) < 4.78 is 0. The van der Waals surface area contributed by atoms with E-state index in [0.29, 0.717) is 25.0 Å². The highest BCUT2D eigenvalue weighted by Gasteiger charge is 1.99. The third-order valence-corrected chi connectivity index (χ3v) is 10.5. The van der Waals surface area contributed by atoms with Gasteiger partial charge in [0.2, 0.25) is 0 Å². The normalized spacial score (nSPS) is 11.0. The average Bonchev–Trinajstić information content (AvgIpc) is 3.15. The SMILES string of the molecule is CCCCCCCCCCCCCC(=O)O.CCCCCCCCCCCCCC(=O)O.CCCCCCCCCCCCCC(=O)O.OCC(S)CS. The minimum atomic E-state index is -0.657. The van der Waals surface area contributed by atoms with Crippen molar-refractivity contribution < 1.29 is 34.8 Å². The Morgan fingerprint density at radius 1 is 0.370 bits per heavy atom. The molecule has 54 heavy (non-hydrogen) atoms. The van der Waals surface area contributed by atoms with Crippen LogP contribution >= 0.6 is 25.3 Å². The van der Waals surface area contributed by atoms with Crippen LogP contribution in [0.4, 0.5) is 0 Å². The summed E-state index contributed by atoms with van der Waals surface area (Å²) in [5, 5.41) is 33.6. The molecule has 4 N–H and O–H groups in total. The van der Waals surface area contributed by atoms with E-state index in [2.05, 4.69) is 46.0 Å². The van der Waals surface area contributed by atoms with Crippen molar-refractivity contribution >= 4 is 43.2 Å². The van der Waals surface area contributed by atoms with Gasteiger partial charge in [0.1, 0.15) is 0 Å². The standard InChI is InChI=1S/3C14H28O2.C3H8OS2/c3*1-2-3-4-5-6-7-8-9-10-11-12-13-14(15)16;4-1-3(6)2-5/h3*2-13H2,1H3,(H,15,16);3-6H,1-2H2. The summed E-state index contributed by atoms with van der Waals surface area (Å²) >= 11 is 7.76. The predicted octanol–water partition coefficient (Wildman–Crippen LogP) is 14.5. The van der Waals surface area contributed by atoms with Gasteiger partial charge in [-0.15, -0.1) is 0 Å². The molecule has 0 rings (SSSR count). The van der Waals surface area contributed by atoms with Crippen molar-refractivity contribution in [3.63, 3.8) is 0 Å². The van der Waals surface area contributed by atoms with E-state index in [9.17, 15) is 14.4 Å². The lowest BCUT2D eigenvalue weighted by Crippen LogP contribution is -2.04.